The summed E-state index contributed by atoms with van der Waals surface area (Å²) in [5, 5.41) is 1.15. The molecule has 0 N–H and O–H groups in total. The number of furan rings is 1. The van der Waals surface area contributed by atoms with Crippen LogP contribution in [0.4, 0.5) is 68.4 Å². The van der Waals surface area contributed by atoms with E-state index in [0.717, 1.165) is 45.3 Å². The van der Waals surface area contributed by atoms with Gasteiger partial charge in [-0.1, -0.05) is 210 Å². The van der Waals surface area contributed by atoms with Gasteiger partial charge in [-0.05, 0) is 167 Å². The lowest BCUT2D eigenvalue weighted by Crippen LogP contribution is -2.60. The van der Waals surface area contributed by atoms with Crippen LogP contribution in [0.2, 0.25) is 0 Å². The third-order valence-corrected chi connectivity index (χ3v) is 20.3. The Morgan fingerprint density at radius 1 is 0.314 bits per heavy atom. The molecule has 0 saturated heterocycles. The quantitative estimate of drug-likeness (QED) is 0.164. The first kappa shape index (κ1) is 56.2. The van der Waals surface area contributed by atoms with Crippen LogP contribution >= 0.6 is 11.3 Å². The first-order valence-electron chi connectivity index (χ1n) is 31.2. The second-order valence-electron chi connectivity index (χ2n) is 31.2. The van der Waals surface area contributed by atoms with Gasteiger partial charge >= 0.3 is 0 Å². The molecule has 0 bridgehead atoms. The Bertz CT molecular complexity index is 4350. The number of fused-ring (bicyclic) bond motifs is 11. The molecule has 4 aliphatic rings. The summed E-state index contributed by atoms with van der Waals surface area (Å²) in [5.41, 5.74) is 26.4. The normalized spacial score (nSPS) is 14.7. The molecule has 8 aromatic carbocycles. The van der Waals surface area contributed by atoms with Gasteiger partial charge in [-0.3, -0.25) is 4.90 Å². The minimum atomic E-state index is -0.211. The van der Waals surface area contributed by atoms with Crippen molar-refractivity contribution in [3.63, 3.8) is 0 Å². The summed E-state index contributed by atoms with van der Waals surface area (Å²) in [6, 6.07) is 66.1. The van der Waals surface area contributed by atoms with Crippen LogP contribution in [-0.2, 0) is 32.5 Å². The summed E-state index contributed by atoms with van der Waals surface area (Å²) in [7, 11) is 0. The van der Waals surface area contributed by atoms with Crippen LogP contribution in [0.3, 0.4) is 0 Å². The highest BCUT2D eigenvalue weighted by molar-refractivity contribution is 7.39. The fourth-order valence-electron chi connectivity index (χ4n) is 14.0. The minimum Gasteiger partial charge on any atom is -0.440 e. The van der Waals surface area contributed by atoms with Gasteiger partial charge in [-0.25, -0.2) is 0 Å². The highest BCUT2D eigenvalue weighted by Gasteiger charge is 2.54. The lowest BCUT2D eigenvalue weighted by atomic mass is 9.35. The smallest absolute Gasteiger partial charge is 0.269 e. The van der Waals surface area contributed by atoms with Crippen LogP contribution in [0.5, 0.6) is 0 Å². The Morgan fingerprint density at radius 3 is 1.08 bits per heavy atom. The van der Waals surface area contributed by atoms with E-state index in [1.807, 2.05) is 11.3 Å². The first-order valence-corrected chi connectivity index (χ1v) is 32.0. The minimum absolute atomic E-state index is 0.00876. The van der Waals surface area contributed by atoms with Crippen molar-refractivity contribution >= 4 is 136 Å². The van der Waals surface area contributed by atoms with Gasteiger partial charge in [-0.2, -0.15) is 11.3 Å². The summed E-state index contributed by atoms with van der Waals surface area (Å²) in [6.07, 6.45) is 0. The highest BCUT2D eigenvalue weighted by Crippen LogP contribution is 2.55. The first-order chi connectivity index (χ1) is 40.5. The highest BCUT2D eigenvalue weighted by atomic mass is 32.1. The zero-order valence-corrected chi connectivity index (χ0v) is 54.7. The molecule has 432 valence electrons. The Labute approximate surface area is 516 Å². The van der Waals surface area contributed by atoms with Crippen LogP contribution in [0, 0.1) is 0 Å². The molecular formula is C78H82B2N4OS. The standard InChI is InChI=1S/C78H82B2N4OS/c1-73(2,3)47-27-35-53(36-28-47)81-59-25-21-20-24-58(59)79-66-60(81)43-51(77(13,14)15)44-61(66)82(54-37-29-48(30-38-54)74(4,5)6)68-69-71(86-70(68)79)80-65-57-23-19-22-26-64(57)85-72(65)84(56-41-33-50(34-42-56)76(10,11)12)63-46-52(78(16,17)18)45-62(67(63)80)83(69)55-39-31-49(32-40-55)75(7,8)9/h19-46H,1-18H3. The van der Waals surface area contributed by atoms with Crippen molar-refractivity contribution in [2.24, 2.45) is 0 Å². The van der Waals surface area contributed by atoms with E-state index in [4.69, 9.17) is 4.42 Å². The van der Waals surface area contributed by atoms with Crippen LogP contribution in [0.25, 0.3) is 11.0 Å². The molecule has 0 aliphatic carbocycles. The SMILES string of the molecule is CC(C)(C)c1ccc(N2c3ccccc3B3c4sc5c(c4N(c4ccc(C(C)(C)C)cc4)c4cc(C(C)(C)C)cc2c43)N(c2ccc(C(C)(C)C)cc2)c2cc(C(C)(C)C)cc3c2B5c2c(oc4ccccc24)N3c2ccc(C(C)(C)C)cc2)cc1. The molecule has 0 atom stereocenters. The van der Waals surface area contributed by atoms with Gasteiger partial charge in [0.1, 0.15) is 5.58 Å². The maximum Gasteiger partial charge on any atom is 0.269 e. The average Bonchev–Trinajstić information content (AvgIpc) is 1.40. The predicted molar refractivity (Wildman–Crippen MR) is 374 cm³/mol. The lowest BCUT2D eigenvalue weighted by molar-refractivity contribution is 0.589. The van der Waals surface area contributed by atoms with E-state index in [2.05, 4.69) is 314 Å². The molecule has 0 radical (unpaired) electrons. The Balaban J connectivity index is 1.14. The summed E-state index contributed by atoms with van der Waals surface area (Å²) >= 11 is 2.03. The third-order valence-electron chi connectivity index (χ3n) is 19.0. The molecule has 8 heteroatoms. The largest absolute Gasteiger partial charge is 0.440 e. The maximum absolute atomic E-state index is 7.43. The Hall–Kier alpha value is -7.67. The molecule has 0 amide bonds. The number of nitrogens with zero attached hydrogens (tertiary/aromatic N) is 4. The second-order valence-corrected chi connectivity index (χ2v) is 32.2. The summed E-state index contributed by atoms with van der Waals surface area (Å²) in [4.78, 5) is 10.4. The number of benzene rings is 8. The molecule has 14 rings (SSSR count). The Morgan fingerprint density at radius 2 is 0.651 bits per heavy atom. The van der Waals surface area contributed by atoms with Gasteiger partial charge in [0.2, 0.25) is 5.88 Å². The van der Waals surface area contributed by atoms with Crippen molar-refractivity contribution in [1.29, 1.82) is 0 Å². The van der Waals surface area contributed by atoms with E-state index in [1.165, 1.54) is 98.9 Å². The number of hydrogen-bond donors (Lipinski definition) is 0. The van der Waals surface area contributed by atoms with Crippen LogP contribution in [0.15, 0.2) is 174 Å². The van der Waals surface area contributed by atoms with Crippen LogP contribution < -0.4 is 51.0 Å². The van der Waals surface area contributed by atoms with Crippen LogP contribution in [-0.4, -0.2) is 13.4 Å². The molecule has 4 aliphatic heterocycles. The van der Waals surface area contributed by atoms with Crippen molar-refractivity contribution < 1.29 is 4.42 Å². The van der Waals surface area contributed by atoms with Crippen molar-refractivity contribution in [3.8, 4) is 0 Å². The summed E-state index contributed by atoms with van der Waals surface area (Å²) in [5.74, 6) is 0.885. The van der Waals surface area contributed by atoms with Crippen LogP contribution in [0.1, 0.15) is 158 Å². The second kappa shape index (κ2) is 18.9. The predicted octanol–water partition coefficient (Wildman–Crippen LogP) is 18.4. The number of rotatable bonds is 4. The molecule has 6 heterocycles. The Kier molecular flexibility index (Phi) is 12.4. The summed E-state index contributed by atoms with van der Waals surface area (Å²) in [6.45, 7) is 41.7. The van der Waals surface area contributed by atoms with Crippen molar-refractivity contribution in [1.82, 2.24) is 0 Å². The van der Waals surface area contributed by atoms with Gasteiger partial charge in [0.25, 0.3) is 13.4 Å². The zero-order chi connectivity index (χ0) is 60.7. The molecule has 0 spiro atoms. The molecule has 0 fully saturated rings. The van der Waals surface area contributed by atoms with E-state index in [-0.39, 0.29) is 45.9 Å². The van der Waals surface area contributed by atoms with Crippen molar-refractivity contribution in [2.75, 3.05) is 19.6 Å². The fourth-order valence-corrected chi connectivity index (χ4v) is 15.5. The average molecular weight is 1150 g/mol. The van der Waals surface area contributed by atoms with Gasteiger partial charge in [0.05, 0.1) is 11.4 Å². The number of para-hydroxylation sites is 2. The molecule has 0 unspecified atom stereocenters. The number of anilines is 12. The molecule has 2 aromatic heterocycles. The van der Waals surface area contributed by atoms with Gasteiger partial charge < -0.3 is 19.1 Å². The number of thiophene rings is 1. The van der Waals surface area contributed by atoms with E-state index >= 15 is 0 Å². The van der Waals surface area contributed by atoms with Crippen molar-refractivity contribution in [3.05, 3.63) is 203 Å². The van der Waals surface area contributed by atoms with E-state index < -0.39 is 0 Å². The maximum atomic E-state index is 7.43. The molecular weight excluding hydrogens is 1060 g/mol. The van der Waals surface area contributed by atoms with Gasteiger partial charge in [0, 0.05) is 71.6 Å². The lowest BCUT2D eigenvalue weighted by Gasteiger charge is -2.46. The molecule has 10 aromatic rings. The van der Waals surface area contributed by atoms with Gasteiger partial charge in [0.15, 0.2) is 0 Å². The van der Waals surface area contributed by atoms with E-state index in [0.29, 0.717) is 0 Å². The molecule has 5 nitrogen and oxygen atoms in total. The third kappa shape index (κ3) is 8.76. The summed E-state index contributed by atoms with van der Waals surface area (Å²) < 4.78 is 10.1. The zero-order valence-electron chi connectivity index (χ0n) is 53.9. The van der Waals surface area contributed by atoms with E-state index in [9.17, 15) is 0 Å². The van der Waals surface area contributed by atoms with Crippen molar-refractivity contribution in [2.45, 2.75) is 157 Å². The number of hydrogen-bond acceptors (Lipinski definition) is 6. The topological polar surface area (TPSA) is 26.1 Å². The van der Waals surface area contributed by atoms with E-state index in [1.54, 1.807) is 0 Å². The molecule has 86 heavy (non-hydrogen) atoms. The molecule has 0 saturated carbocycles. The monoisotopic (exact) mass is 1140 g/mol. The van der Waals surface area contributed by atoms with Gasteiger partial charge in [-0.15, -0.1) is 0 Å². The fraction of sp³-hybridized carbons (Fsp3) is 0.308.